The van der Waals surface area contributed by atoms with E-state index in [0.29, 0.717) is 28.9 Å². The second-order valence-corrected chi connectivity index (χ2v) is 12.6. The first-order chi connectivity index (χ1) is 18.5. The van der Waals surface area contributed by atoms with Gasteiger partial charge in [0.1, 0.15) is 0 Å². The maximum atomic E-state index is 13.0. The minimum Gasteiger partial charge on any atom is -0.494 e. The molecule has 6 rings (SSSR count). The van der Waals surface area contributed by atoms with Crippen LogP contribution < -0.4 is 9.62 Å². The summed E-state index contributed by atoms with van der Waals surface area (Å²) in [6.45, 7) is 3.69. The molecule has 3 N–H and O–H groups in total. The van der Waals surface area contributed by atoms with Gasteiger partial charge in [-0.05, 0) is 74.1 Å². The van der Waals surface area contributed by atoms with Gasteiger partial charge in [-0.2, -0.15) is 0 Å². The molecule has 2 heterocycles. The Morgan fingerprint density at radius 3 is 2.47 bits per heavy atom. The highest BCUT2D eigenvalue weighted by atomic mass is 32.2. The highest BCUT2D eigenvalue weighted by molar-refractivity contribution is 7.89. The molecule has 1 saturated heterocycles. The van der Waals surface area contributed by atoms with Crippen molar-refractivity contribution >= 4 is 38.0 Å². The summed E-state index contributed by atoms with van der Waals surface area (Å²) in [5, 5.41) is 11.8. The average molecular weight is 537 g/mol. The minimum absolute atomic E-state index is 0.0368. The lowest BCUT2D eigenvalue weighted by molar-refractivity contribution is 0.122. The van der Waals surface area contributed by atoms with E-state index in [1.165, 1.54) is 6.42 Å². The molecule has 38 heavy (non-hydrogen) atoms. The molecule has 0 unspecified atom stereocenters. The van der Waals surface area contributed by atoms with Gasteiger partial charge in [0, 0.05) is 42.1 Å². The van der Waals surface area contributed by atoms with Gasteiger partial charge in [0.2, 0.25) is 10.0 Å². The molecule has 0 atom stereocenters. The Morgan fingerprint density at radius 1 is 1.03 bits per heavy atom. The number of anilines is 1. The summed E-state index contributed by atoms with van der Waals surface area (Å²) in [7, 11) is -3.64. The Bertz CT molecular complexity index is 1410. The molecule has 2 aliphatic carbocycles. The van der Waals surface area contributed by atoms with Gasteiger partial charge >= 0.3 is 0 Å². The molecular weight excluding hydrogens is 500 g/mol. The molecule has 202 valence electrons. The highest BCUT2D eigenvalue weighted by Gasteiger charge is 2.28. The number of fused-ring (bicyclic) bond motifs is 1. The number of nitrogens with zero attached hydrogens (tertiary/aromatic N) is 2. The Hall–Kier alpha value is -2.88. The summed E-state index contributed by atoms with van der Waals surface area (Å²) < 4.78 is 34.3. The number of ether oxygens (including phenoxy) is 1. The van der Waals surface area contributed by atoms with Crippen LogP contribution in [-0.4, -0.2) is 57.1 Å². The number of rotatable bonds is 8. The third-order valence-corrected chi connectivity index (χ3v) is 9.46. The highest BCUT2D eigenvalue weighted by Crippen LogP contribution is 2.37. The molecule has 9 heteroatoms. The molecule has 0 bridgehead atoms. The molecule has 0 amide bonds. The number of hydrogen-bond donors (Lipinski definition) is 3. The number of aromatic amines is 1. The smallest absolute Gasteiger partial charge is 0.240 e. The number of hydrogen-bond acceptors (Lipinski definition) is 6. The zero-order valence-electron chi connectivity index (χ0n) is 21.7. The molecule has 2 saturated carbocycles. The fourth-order valence-corrected chi connectivity index (χ4v) is 6.78. The van der Waals surface area contributed by atoms with Gasteiger partial charge in [-0.1, -0.05) is 19.3 Å². The van der Waals surface area contributed by atoms with Crippen LogP contribution in [0.4, 0.5) is 11.4 Å². The molecule has 8 nitrogen and oxygen atoms in total. The van der Waals surface area contributed by atoms with Crippen LogP contribution in [0.5, 0.6) is 5.88 Å². The fourth-order valence-electron chi connectivity index (χ4n) is 5.64. The quantitative estimate of drug-likeness (QED) is 0.347. The van der Waals surface area contributed by atoms with E-state index < -0.39 is 10.0 Å². The number of aromatic hydroxyl groups is 1. The molecule has 1 aliphatic heterocycles. The zero-order valence-corrected chi connectivity index (χ0v) is 22.5. The summed E-state index contributed by atoms with van der Waals surface area (Å²) >= 11 is 0. The lowest BCUT2D eigenvalue weighted by atomic mass is 9.83. The Balaban J connectivity index is 1.38. The van der Waals surface area contributed by atoms with E-state index in [-0.39, 0.29) is 16.7 Å². The maximum absolute atomic E-state index is 13.0. The van der Waals surface area contributed by atoms with E-state index in [0.717, 1.165) is 81.9 Å². The fraction of sp³-hybridized carbons (Fsp3) is 0.483. The maximum Gasteiger partial charge on any atom is 0.240 e. The van der Waals surface area contributed by atoms with Gasteiger partial charge in [-0.3, -0.25) is 4.99 Å². The van der Waals surface area contributed by atoms with Crippen molar-refractivity contribution < 1.29 is 18.3 Å². The summed E-state index contributed by atoms with van der Waals surface area (Å²) in [5.41, 5.74) is 4.11. The second-order valence-electron chi connectivity index (χ2n) is 10.8. The first-order valence-corrected chi connectivity index (χ1v) is 15.3. The SMILES string of the molecule is O=S(=O)(NCC1CC1)c1ccc2[nH]c(O)c(C(=Nc3ccc(N4CCOCC4)cc3)C3CCCCC3)c2c1. The molecule has 0 spiro atoms. The van der Waals surface area contributed by atoms with Crippen molar-refractivity contribution in [2.75, 3.05) is 37.7 Å². The van der Waals surface area contributed by atoms with Crippen molar-refractivity contribution in [2.45, 2.75) is 49.8 Å². The standard InChI is InChI=1S/C29H36N4O4S/c34-29-27(25-18-24(12-13-26(25)32-29)38(35,36)30-19-20-6-7-20)28(21-4-2-1-3-5-21)31-22-8-10-23(11-9-22)33-14-16-37-17-15-33/h8-13,18,20-21,30,32,34H,1-7,14-17,19H2. The molecule has 3 fully saturated rings. The minimum atomic E-state index is -3.64. The number of H-pyrrole nitrogens is 1. The lowest BCUT2D eigenvalue weighted by Gasteiger charge is -2.28. The number of morpholine rings is 1. The van der Waals surface area contributed by atoms with Gasteiger partial charge in [0.15, 0.2) is 5.88 Å². The van der Waals surface area contributed by atoms with Crippen LogP contribution in [0.2, 0.25) is 0 Å². The molecule has 0 radical (unpaired) electrons. The van der Waals surface area contributed by atoms with Crippen molar-refractivity contribution in [1.29, 1.82) is 0 Å². The van der Waals surface area contributed by atoms with Crippen molar-refractivity contribution in [3.05, 3.63) is 48.0 Å². The largest absolute Gasteiger partial charge is 0.494 e. The first-order valence-electron chi connectivity index (χ1n) is 13.8. The number of benzene rings is 2. The van der Waals surface area contributed by atoms with E-state index in [4.69, 9.17) is 9.73 Å². The summed E-state index contributed by atoms with van der Waals surface area (Å²) in [5.74, 6) is 0.676. The van der Waals surface area contributed by atoms with E-state index >= 15 is 0 Å². The summed E-state index contributed by atoms with van der Waals surface area (Å²) in [4.78, 5) is 10.7. The van der Waals surface area contributed by atoms with E-state index in [2.05, 4.69) is 26.7 Å². The Morgan fingerprint density at radius 2 is 1.76 bits per heavy atom. The van der Waals surface area contributed by atoms with Crippen molar-refractivity contribution in [3.63, 3.8) is 0 Å². The van der Waals surface area contributed by atoms with Crippen LogP contribution in [0.3, 0.4) is 0 Å². The van der Waals surface area contributed by atoms with Crippen LogP contribution in [0.25, 0.3) is 10.9 Å². The number of aromatic nitrogens is 1. The molecule has 2 aromatic carbocycles. The van der Waals surface area contributed by atoms with E-state index in [1.807, 2.05) is 12.1 Å². The molecule has 3 aromatic rings. The van der Waals surface area contributed by atoms with Crippen molar-refractivity contribution in [1.82, 2.24) is 9.71 Å². The zero-order chi connectivity index (χ0) is 26.1. The average Bonchev–Trinajstić information content (AvgIpc) is 3.73. The van der Waals surface area contributed by atoms with Crippen molar-refractivity contribution in [2.24, 2.45) is 16.8 Å². The number of sulfonamides is 1. The Labute approximate surface area is 224 Å². The van der Waals surface area contributed by atoms with Gasteiger partial charge in [0.05, 0.1) is 35.1 Å². The summed E-state index contributed by atoms with van der Waals surface area (Å²) in [6, 6.07) is 13.2. The first kappa shape index (κ1) is 25.4. The predicted molar refractivity (Wildman–Crippen MR) is 150 cm³/mol. The number of nitrogens with one attached hydrogen (secondary N) is 2. The van der Waals surface area contributed by atoms with Gasteiger partial charge in [-0.15, -0.1) is 0 Å². The van der Waals surface area contributed by atoms with Crippen LogP contribution in [-0.2, 0) is 14.8 Å². The van der Waals surface area contributed by atoms with E-state index in [1.54, 1.807) is 18.2 Å². The van der Waals surface area contributed by atoms with Gasteiger partial charge in [-0.25, -0.2) is 13.1 Å². The Kier molecular flexibility index (Phi) is 7.16. The molecular formula is C29H36N4O4S. The predicted octanol–water partition coefficient (Wildman–Crippen LogP) is 5.10. The van der Waals surface area contributed by atoms with Crippen molar-refractivity contribution in [3.8, 4) is 5.88 Å². The van der Waals surface area contributed by atoms with Gasteiger partial charge in [0.25, 0.3) is 0 Å². The molecule has 3 aliphatic rings. The molecule has 1 aromatic heterocycles. The number of aliphatic imine (C=N–C) groups is 1. The lowest BCUT2D eigenvalue weighted by Crippen LogP contribution is -2.36. The summed E-state index contributed by atoms with van der Waals surface area (Å²) in [6.07, 6.45) is 7.58. The topological polar surface area (TPSA) is 107 Å². The monoisotopic (exact) mass is 536 g/mol. The van der Waals surface area contributed by atoms with Crippen LogP contribution in [0, 0.1) is 11.8 Å². The van der Waals surface area contributed by atoms with Crippen LogP contribution in [0.1, 0.15) is 50.5 Å². The third kappa shape index (κ3) is 5.46. The van der Waals surface area contributed by atoms with Crippen LogP contribution in [0.15, 0.2) is 52.4 Å². The van der Waals surface area contributed by atoms with Gasteiger partial charge < -0.3 is 19.7 Å². The third-order valence-electron chi connectivity index (χ3n) is 8.04. The normalized spacial score (nSPS) is 19.8. The van der Waals surface area contributed by atoms with Crippen LogP contribution >= 0.6 is 0 Å². The van der Waals surface area contributed by atoms with E-state index in [9.17, 15) is 13.5 Å². The second kappa shape index (κ2) is 10.7.